The summed E-state index contributed by atoms with van der Waals surface area (Å²) in [6.45, 7) is 4.82. The van der Waals surface area contributed by atoms with E-state index in [0.29, 0.717) is 17.4 Å². The van der Waals surface area contributed by atoms with Crippen molar-refractivity contribution in [1.82, 2.24) is 14.7 Å². The topological polar surface area (TPSA) is 64.2 Å². The van der Waals surface area contributed by atoms with Gasteiger partial charge in [-0.25, -0.2) is 0 Å². The average Bonchev–Trinajstić information content (AvgIpc) is 2.60. The van der Waals surface area contributed by atoms with Crippen LogP contribution in [0.5, 0.6) is 0 Å². The van der Waals surface area contributed by atoms with E-state index in [-0.39, 0.29) is 5.91 Å². The normalized spacial score (nSPS) is 20.4. The van der Waals surface area contributed by atoms with Crippen LogP contribution >= 0.6 is 0 Å². The van der Waals surface area contributed by atoms with Crippen molar-refractivity contribution < 1.29 is 4.79 Å². The van der Waals surface area contributed by atoms with Crippen molar-refractivity contribution >= 4 is 11.6 Å². The van der Waals surface area contributed by atoms with Crippen molar-refractivity contribution in [3.05, 3.63) is 11.4 Å². The largest absolute Gasteiger partial charge is 0.395 e. The standard InChI is InChI=1S/C14H24N4O/c1-4-11-8-6-5-7-9-18(11)14(19)13-12(15)10(2)16-17(13)3/h11H,4-9,15H2,1-3H3. The van der Waals surface area contributed by atoms with Crippen molar-refractivity contribution in [2.75, 3.05) is 12.3 Å². The fourth-order valence-corrected chi connectivity index (χ4v) is 2.93. The first-order chi connectivity index (χ1) is 9.06. The zero-order valence-electron chi connectivity index (χ0n) is 12.1. The molecule has 1 amide bonds. The van der Waals surface area contributed by atoms with Crippen molar-refractivity contribution in [3.63, 3.8) is 0 Å². The number of carbonyl (C=O) groups is 1. The minimum atomic E-state index is 0.0364. The zero-order chi connectivity index (χ0) is 14.0. The third-order valence-corrected chi connectivity index (χ3v) is 4.08. The van der Waals surface area contributed by atoms with Crippen LogP contribution in [0.1, 0.15) is 55.2 Å². The lowest BCUT2D eigenvalue weighted by molar-refractivity contribution is 0.0668. The summed E-state index contributed by atoms with van der Waals surface area (Å²) >= 11 is 0. The third-order valence-electron chi connectivity index (χ3n) is 4.08. The molecule has 0 bridgehead atoms. The molecular formula is C14H24N4O. The number of aromatic nitrogens is 2. The summed E-state index contributed by atoms with van der Waals surface area (Å²) in [4.78, 5) is 14.8. The number of carbonyl (C=O) groups excluding carboxylic acids is 1. The van der Waals surface area contributed by atoms with E-state index in [1.165, 1.54) is 12.8 Å². The molecule has 1 aromatic heterocycles. The maximum Gasteiger partial charge on any atom is 0.274 e. The summed E-state index contributed by atoms with van der Waals surface area (Å²) in [5.41, 5.74) is 7.80. The number of amides is 1. The maximum absolute atomic E-state index is 12.8. The van der Waals surface area contributed by atoms with Crippen LogP contribution in [0.2, 0.25) is 0 Å². The number of anilines is 1. The molecule has 5 heteroatoms. The second-order valence-corrected chi connectivity index (χ2v) is 5.38. The lowest BCUT2D eigenvalue weighted by atomic mass is 10.1. The number of hydrogen-bond donors (Lipinski definition) is 1. The zero-order valence-corrected chi connectivity index (χ0v) is 12.1. The summed E-state index contributed by atoms with van der Waals surface area (Å²) in [7, 11) is 1.79. The van der Waals surface area contributed by atoms with Gasteiger partial charge < -0.3 is 10.6 Å². The molecule has 2 heterocycles. The monoisotopic (exact) mass is 264 g/mol. The van der Waals surface area contributed by atoms with Crippen molar-refractivity contribution in [2.24, 2.45) is 7.05 Å². The Bertz CT molecular complexity index is 466. The fourth-order valence-electron chi connectivity index (χ4n) is 2.93. The molecule has 2 rings (SSSR count). The lowest BCUT2D eigenvalue weighted by Crippen LogP contribution is -2.40. The Morgan fingerprint density at radius 2 is 2.16 bits per heavy atom. The molecule has 106 valence electrons. The van der Waals surface area contributed by atoms with Crippen LogP contribution in [-0.2, 0) is 7.05 Å². The van der Waals surface area contributed by atoms with Crippen LogP contribution in [0.3, 0.4) is 0 Å². The molecule has 0 spiro atoms. The van der Waals surface area contributed by atoms with Crippen LogP contribution in [0.4, 0.5) is 5.69 Å². The van der Waals surface area contributed by atoms with Crippen LogP contribution < -0.4 is 5.73 Å². The molecule has 0 aliphatic carbocycles. The summed E-state index contributed by atoms with van der Waals surface area (Å²) in [6, 6.07) is 0.338. The SMILES string of the molecule is CCC1CCCCCN1C(=O)c1c(N)c(C)nn1C. The Labute approximate surface area is 114 Å². The van der Waals surface area contributed by atoms with Crippen LogP contribution in [0, 0.1) is 6.92 Å². The maximum atomic E-state index is 12.8. The van der Waals surface area contributed by atoms with Gasteiger partial charge in [-0.05, 0) is 26.2 Å². The number of rotatable bonds is 2. The van der Waals surface area contributed by atoms with Crippen molar-refractivity contribution in [1.29, 1.82) is 0 Å². The highest BCUT2D eigenvalue weighted by Crippen LogP contribution is 2.24. The van der Waals surface area contributed by atoms with Crippen LogP contribution in [-0.4, -0.2) is 33.2 Å². The molecule has 1 fully saturated rings. The van der Waals surface area contributed by atoms with E-state index >= 15 is 0 Å². The molecule has 1 aliphatic heterocycles. The summed E-state index contributed by atoms with van der Waals surface area (Å²) in [5, 5.41) is 4.24. The van der Waals surface area contributed by atoms with E-state index in [2.05, 4.69) is 12.0 Å². The van der Waals surface area contributed by atoms with Gasteiger partial charge in [-0.3, -0.25) is 9.48 Å². The predicted octanol–water partition coefficient (Wildman–Crippen LogP) is 2.11. The van der Waals surface area contributed by atoms with E-state index in [9.17, 15) is 4.79 Å². The number of nitrogens with zero attached hydrogens (tertiary/aromatic N) is 3. The van der Waals surface area contributed by atoms with E-state index in [1.54, 1.807) is 11.7 Å². The Morgan fingerprint density at radius 1 is 1.42 bits per heavy atom. The minimum absolute atomic E-state index is 0.0364. The molecule has 1 atom stereocenters. The molecular weight excluding hydrogens is 240 g/mol. The molecule has 2 N–H and O–H groups in total. The predicted molar refractivity (Wildman–Crippen MR) is 75.9 cm³/mol. The molecule has 0 aromatic carbocycles. The van der Waals surface area contributed by atoms with E-state index in [1.807, 2.05) is 11.8 Å². The minimum Gasteiger partial charge on any atom is -0.395 e. The van der Waals surface area contributed by atoms with Crippen LogP contribution in [0.25, 0.3) is 0 Å². The van der Waals surface area contributed by atoms with Gasteiger partial charge in [-0.15, -0.1) is 0 Å². The van der Waals surface area contributed by atoms with Gasteiger partial charge in [0.2, 0.25) is 0 Å². The highest BCUT2D eigenvalue weighted by atomic mass is 16.2. The highest BCUT2D eigenvalue weighted by Gasteiger charge is 2.29. The van der Waals surface area contributed by atoms with Crippen molar-refractivity contribution in [2.45, 2.75) is 52.0 Å². The van der Waals surface area contributed by atoms with E-state index < -0.39 is 0 Å². The van der Waals surface area contributed by atoms with Gasteiger partial charge in [0.05, 0.1) is 11.4 Å². The van der Waals surface area contributed by atoms with Gasteiger partial charge in [0.1, 0.15) is 5.69 Å². The summed E-state index contributed by atoms with van der Waals surface area (Å²) in [6.07, 6.45) is 5.60. The summed E-state index contributed by atoms with van der Waals surface area (Å²) < 4.78 is 1.62. The number of nitrogen functional groups attached to an aromatic ring is 1. The first-order valence-electron chi connectivity index (χ1n) is 7.16. The number of likely N-dealkylation sites (tertiary alicyclic amines) is 1. The highest BCUT2D eigenvalue weighted by molar-refractivity contribution is 5.98. The molecule has 5 nitrogen and oxygen atoms in total. The average molecular weight is 264 g/mol. The lowest BCUT2D eigenvalue weighted by Gasteiger charge is -2.29. The second-order valence-electron chi connectivity index (χ2n) is 5.38. The van der Waals surface area contributed by atoms with Gasteiger partial charge in [0.25, 0.3) is 5.91 Å². The van der Waals surface area contributed by atoms with E-state index in [4.69, 9.17) is 5.73 Å². The molecule has 0 saturated carbocycles. The van der Waals surface area contributed by atoms with Crippen LogP contribution in [0.15, 0.2) is 0 Å². The third kappa shape index (κ3) is 2.60. The molecule has 1 unspecified atom stereocenters. The van der Waals surface area contributed by atoms with Gasteiger partial charge in [0, 0.05) is 19.6 Å². The second kappa shape index (κ2) is 5.63. The molecule has 1 aliphatic rings. The van der Waals surface area contributed by atoms with Gasteiger partial charge >= 0.3 is 0 Å². The summed E-state index contributed by atoms with van der Waals surface area (Å²) in [5.74, 6) is 0.0364. The Hall–Kier alpha value is -1.52. The van der Waals surface area contributed by atoms with E-state index in [0.717, 1.165) is 31.5 Å². The molecule has 1 aromatic rings. The Kier molecular flexibility index (Phi) is 4.12. The molecule has 0 radical (unpaired) electrons. The first-order valence-corrected chi connectivity index (χ1v) is 7.16. The molecule has 1 saturated heterocycles. The quantitative estimate of drug-likeness (QED) is 0.889. The van der Waals surface area contributed by atoms with Gasteiger partial charge in [-0.1, -0.05) is 19.8 Å². The van der Waals surface area contributed by atoms with Crippen molar-refractivity contribution in [3.8, 4) is 0 Å². The Balaban J connectivity index is 2.30. The smallest absolute Gasteiger partial charge is 0.274 e. The number of nitrogens with two attached hydrogens (primary N) is 1. The first kappa shape index (κ1) is 13.9. The van der Waals surface area contributed by atoms with Gasteiger partial charge in [-0.2, -0.15) is 5.10 Å². The van der Waals surface area contributed by atoms with Gasteiger partial charge in [0.15, 0.2) is 0 Å². The molecule has 19 heavy (non-hydrogen) atoms. The number of aryl methyl sites for hydroxylation is 2. The number of hydrogen-bond acceptors (Lipinski definition) is 3. The Morgan fingerprint density at radius 3 is 2.74 bits per heavy atom. The fraction of sp³-hybridized carbons (Fsp3) is 0.714.